The molecule has 134 valence electrons. The number of hydrogen-bond acceptors (Lipinski definition) is 3. The Morgan fingerprint density at radius 1 is 1.25 bits per heavy atom. The Morgan fingerprint density at radius 2 is 1.88 bits per heavy atom. The second-order valence-electron chi connectivity index (χ2n) is 6.22. The van der Waals surface area contributed by atoms with Gasteiger partial charge in [0.2, 0.25) is 5.91 Å². The van der Waals surface area contributed by atoms with Crippen LogP contribution in [0.3, 0.4) is 0 Å². The third-order valence-corrected chi connectivity index (χ3v) is 4.76. The number of piperidine rings is 1. The van der Waals surface area contributed by atoms with Crippen LogP contribution in [0.5, 0.6) is 5.75 Å². The minimum atomic E-state index is -0.581. The summed E-state index contributed by atoms with van der Waals surface area (Å²) in [5, 5.41) is 3.07. The van der Waals surface area contributed by atoms with Gasteiger partial charge < -0.3 is 15.0 Å². The zero-order valence-corrected chi connectivity index (χ0v) is 14.6. The maximum atomic E-state index is 14.2. The van der Waals surface area contributed by atoms with Gasteiger partial charge in [-0.05, 0) is 25.7 Å². The molecule has 0 atom stereocenters. The average molecular weight is 340 g/mol. The lowest BCUT2D eigenvalue weighted by Crippen LogP contribution is -2.43. The van der Waals surface area contributed by atoms with Crippen molar-refractivity contribution in [1.29, 1.82) is 0 Å². The molecule has 24 heavy (non-hydrogen) atoms. The Labute approximate surface area is 142 Å². The number of anilines is 1. The van der Waals surface area contributed by atoms with Gasteiger partial charge in [-0.25, -0.2) is 8.78 Å². The molecule has 1 amide bonds. The fourth-order valence-electron chi connectivity index (χ4n) is 3.11. The fourth-order valence-corrected chi connectivity index (χ4v) is 3.11. The molecule has 1 heterocycles. The number of halogens is 2. The highest BCUT2D eigenvalue weighted by molar-refractivity contribution is 5.79. The largest absolute Gasteiger partial charge is 0.494 e. The Morgan fingerprint density at radius 3 is 2.42 bits per heavy atom. The quantitative estimate of drug-likeness (QED) is 0.862. The zero-order chi connectivity index (χ0) is 17.7. The molecule has 4 nitrogen and oxygen atoms in total. The lowest BCUT2D eigenvalue weighted by atomic mass is 9.94. The van der Waals surface area contributed by atoms with Gasteiger partial charge in [0.1, 0.15) is 5.82 Å². The summed E-state index contributed by atoms with van der Waals surface area (Å²) < 4.78 is 32.8. The Hall–Kier alpha value is -1.85. The second kappa shape index (κ2) is 8.31. The molecule has 0 aromatic heterocycles. The normalized spacial score (nSPS) is 15.7. The molecule has 1 saturated heterocycles. The van der Waals surface area contributed by atoms with Crippen LogP contribution in [0.4, 0.5) is 14.5 Å². The van der Waals surface area contributed by atoms with Gasteiger partial charge in [0.05, 0.1) is 12.8 Å². The summed E-state index contributed by atoms with van der Waals surface area (Å²) in [5.41, 5.74) is 0.229. The molecule has 6 heteroatoms. The Bertz CT molecular complexity index is 568. The molecular weight excluding hydrogens is 314 g/mol. The number of ether oxygens (including phenoxy) is 1. The molecule has 1 aromatic rings. The number of nitrogens with zero attached hydrogens (tertiary/aromatic N) is 1. The average Bonchev–Trinajstić information content (AvgIpc) is 2.61. The van der Waals surface area contributed by atoms with Crippen molar-refractivity contribution in [2.45, 2.75) is 45.6 Å². The van der Waals surface area contributed by atoms with E-state index in [1.165, 1.54) is 13.2 Å². The standard InChI is InChI=1S/C18H26F2N2O2/c1-4-13(5-2)21-18(23)12-6-8-22(9-7-12)16-10-15(20)17(24-3)11-14(16)19/h10-13H,4-9H2,1-3H3,(H,21,23). The lowest BCUT2D eigenvalue weighted by molar-refractivity contribution is -0.126. The van der Waals surface area contributed by atoms with E-state index in [0.29, 0.717) is 25.9 Å². The Kier molecular flexibility index (Phi) is 6.40. The van der Waals surface area contributed by atoms with Crippen molar-refractivity contribution in [2.75, 3.05) is 25.1 Å². The first-order chi connectivity index (χ1) is 11.5. The minimum Gasteiger partial charge on any atom is -0.494 e. The molecule has 1 fully saturated rings. The fraction of sp³-hybridized carbons (Fsp3) is 0.611. The first kappa shape index (κ1) is 18.5. The summed E-state index contributed by atoms with van der Waals surface area (Å²) in [4.78, 5) is 14.1. The maximum Gasteiger partial charge on any atom is 0.223 e. The third kappa shape index (κ3) is 4.16. The second-order valence-corrected chi connectivity index (χ2v) is 6.22. The van der Waals surface area contributed by atoms with Crippen molar-refractivity contribution in [2.24, 2.45) is 5.92 Å². The van der Waals surface area contributed by atoms with Crippen molar-refractivity contribution in [1.82, 2.24) is 5.32 Å². The topological polar surface area (TPSA) is 41.6 Å². The number of methoxy groups -OCH3 is 1. The predicted molar refractivity (Wildman–Crippen MR) is 90.4 cm³/mol. The molecular formula is C18H26F2N2O2. The first-order valence-corrected chi connectivity index (χ1v) is 8.58. The molecule has 0 saturated carbocycles. The molecule has 1 aliphatic rings. The van der Waals surface area contributed by atoms with E-state index in [0.717, 1.165) is 18.9 Å². The predicted octanol–water partition coefficient (Wildman–Crippen LogP) is 3.49. The number of nitrogens with one attached hydrogen (secondary N) is 1. The maximum absolute atomic E-state index is 14.2. The van der Waals surface area contributed by atoms with Gasteiger partial charge in [0.25, 0.3) is 0 Å². The van der Waals surface area contributed by atoms with E-state index in [-0.39, 0.29) is 29.3 Å². The molecule has 0 unspecified atom stereocenters. The van der Waals surface area contributed by atoms with Gasteiger partial charge in [0.15, 0.2) is 11.6 Å². The van der Waals surface area contributed by atoms with Crippen LogP contribution < -0.4 is 15.0 Å². The van der Waals surface area contributed by atoms with Crippen LogP contribution in [0, 0.1) is 17.6 Å². The molecule has 2 rings (SSSR count). The highest BCUT2D eigenvalue weighted by Gasteiger charge is 2.27. The van der Waals surface area contributed by atoms with E-state index in [1.54, 1.807) is 4.90 Å². The zero-order valence-electron chi connectivity index (χ0n) is 14.6. The van der Waals surface area contributed by atoms with Crippen LogP contribution in [0.2, 0.25) is 0 Å². The van der Waals surface area contributed by atoms with Crippen LogP contribution >= 0.6 is 0 Å². The molecule has 1 N–H and O–H groups in total. The highest BCUT2D eigenvalue weighted by Crippen LogP contribution is 2.30. The van der Waals surface area contributed by atoms with Gasteiger partial charge in [0, 0.05) is 37.2 Å². The number of benzene rings is 1. The molecule has 1 aromatic carbocycles. The van der Waals surface area contributed by atoms with Crippen molar-refractivity contribution >= 4 is 11.6 Å². The van der Waals surface area contributed by atoms with E-state index >= 15 is 0 Å². The van der Waals surface area contributed by atoms with E-state index in [4.69, 9.17) is 4.74 Å². The summed E-state index contributed by atoms with van der Waals surface area (Å²) in [7, 11) is 1.31. The van der Waals surface area contributed by atoms with Crippen LogP contribution in [0.15, 0.2) is 12.1 Å². The molecule has 1 aliphatic heterocycles. The smallest absolute Gasteiger partial charge is 0.223 e. The van der Waals surface area contributed by atoms with Gasteiger partial charge >= 0.3 is 0 Å². The van der Waals surface area contributed by atoms with Crippen LogP contribution in [-0.2, 0) is 4.79 Å². The van der Waals surface area contributed by atoms with Crippen LogP contribution in [0.25, 0.3) is 0 Å². The highest BCUT2D eigenvalue weighted by atomic mass is 19.1. The third-order valence-electron chi connectivity index (χ3n) is 4.76. The van der Waals surface area contributed by atoms with Gasteiger partial charge in [-0.3, -0.25) is 4.79 Å². The van der Waals surface area contributed by atoms with E-state index in [1.807, 2.05) is 0 Å². The van der Waals surface area contributed by atoms with E-state index in [2.05, 4.69) is 19.2 Å². The number of carbonyl (C=O) groups excluding carboxylic acids is 1. The number of hydrogen-bond donors (Lipinski definition) is 1. The number of rotatable bonds is 6. The van der Waals surface area contributed by atoms with Crippen LogP contribution in [0.1, 0.15) is 39.5 Å². The number of carbonyl (C=O) groups is 1. The monoisotopic (exact) mass is 340 g/mol. The lowest BCUT2D eigenvalue weighted by Gasteiger charge is -2.33. The Balaban J connectivity index is 1.98. The summed E-state index contributed by atoms with van der Waals surface area (Å²) >= 11 is 0. The van der Waals surface area contributed by atoms with Gasteiger partial charge in [-0.15, -0.1) is 0 Å². The first-order valence-electron chi connectivity index (χ1n) is 8.58. The molecule has 0 aliphatic carbocycles. The summed E-state index contributed by atoms with van der Waals surface area (Å²) in [6.07, 6.45) is 3.10. The summed E-state index contributed by atoms with van der Waals surface area (Å²) in [6.45, 7) is 5.17. The van der Waals surface area contributed by atoms with Gasteiger partial charge in [-0.1, -0.05) is 13.8 Å². The van der Waals surface area contributed by atoms with Crippen molar-refractivity contribution in [3.05, 3.63) is 23.8 Å². The minimum absolute atomic E-state index is 0.0620. The summed E-state index contributed by atoms with van der Waals surface area (Å²) in [6, 6.07) is 2.44. The van der Waals surface area contributed by atoms with Crippen LogP contribution in [-0.4, -0.2) is 32.1 Å². The molecule has 0 spiro atoms. The summed E-state index contributed by atoms with van der Waals surface area (Å²) in [5.74, 6) is -1.18. The van der Waals surface area contributed by atoms with Crippen molar-refractivity contribution in [3.63, 3.8) is 0 Å². The van der Waals surface area contributed by atoms with Gasteiger partial charge in [-0.2, -0.15) is 0 Å². The van der Waals surface area contributed by atoms with E-state index < -0.39 is 11.6 Å². The number of amides is 1. The van der Waals surface area contributed by atoms with E-state index in [9.17, 15) is 13.6 Å². The SMILES string of the molecule is CCC(CC)NC(=O)C1CCN(c2cc(F)c(OC)cc2F)CC1. The molecule has 0 radical (unpaired) electrons. The molecule has 0 bridgehead atoms. The van der Waals surface area contributed by atoms with Crippen molar-refractivity contribution < 1.29 is 18.3 Å². The van der Waals surface area contributed by atoms with Crippen molar-refractivity contribution in [3.8, 4) is 5.75 Å².